The fourth-order valence-electron chi connectivity index (χ4n) is 10.5. The Bertz CT molecular complexity index is 2400. The average molecular weight is 1010 g/mol. The molecule has 3 saturated carbocycles. The summed E-state index contributed by atoms with van der Waals surface area (Å²) in [6, 6.07) is 12.1. The Balaban J connectivity index is 1.04. The molecule has 0 radical (unpaired) electrons. The van der Waals surface area contributed by atoms with Crippen LogP contribution in [0.4, 0.5) is 0 Å². The lowest BCUT2D eigenvalue weighted by Crippen LogP contribution is -2.40. The molecule has 2 aromatic carbocycles. The molecule has 0 amide bonds. The number of esters is 6. The average Bonchev–Trinajstić information content (AvgIpc) is 3.74. The predicted octanol–water partition coefficient (Wildman–Crippen LogP) is 10.3. The van der Waals surface area contributed by atoms with E-state index in [0.717, 1.165) is 37.3 Å². The minimum absolute atomic E-state index is 0.0923. The van der Waals surface area contributed by atoms with Gasteiger partial charge in [-0.25, -0.2) is 4.79 Å². The number of hydrogen-bond acceptors (Lipinski definition) is 14. The van der Waals surface area contributed by atoms with Crippen LogP contribution in [-0.4, -0.2) is 77.2 Å². The topological polar surface area (TPSA) is 184 Å². The molecule has 0 aromatic heterocycles. The van der Waals surface area contributed by atoms with E-state index in [9.17, 15) is 33.6 Å². The molecule has 0 aliphatic heterocycles. The van der Waals surface area contributed by atoms with Crippen molar-refractivity contribution in [1.29, 1.82) is 0 Å². The van der Waals surface area contributed by atoms with E-state index in [4.69, 9.17) is 46.0 Å². The van der Waals surface area contributed by atoms with Crippen molar-refractivity contribution >= 4 is 41.6 Å². The maximum Gasteiger partial charge on any atom is 0.330 e. The highest BCUT2D eigenvalue weighted by atomic mass is 16.6. The first-order chi connectivity index (χ1) is 34.4. The molecule has 2 aromatic rings. The molecule has 3 aliphatic carbocycles. The first-order valence-corrected chi connectivity index (χ1v) is 25.7. The molecule has 3 aliphatic rings. The third-order valence-corrected chi connectivity index (χ3v) is 14.1. The Hall–Kier alpha value is -6.25. The quantitative estimate of drug-likeness (QED) is 0.0232. The van der Waals surface area contributed by atoms with Crippen LogP contribution in [0, 0.1) is 48.4 Å². The zero-order valence-corrected chi connectivity index (χ0v) is 43.8. The summed E-state index contributed by atoms with van der Waals surface area (Å²) in [5.74, 6) is 2.27. The van der Waals surface area contributed by atoms with E-state index in [0.29, 0.717) is 76.4 Å². The zero-order valence-electron chi connectivity index (χ0n) is 43.8. The van der Waals surface area contributed by atoms with Crippen molar-refractivity contribution in [3.8, 4) is 36.2 Å². The number of Topliss-reactive ketones (excluding diaryl/α,β-unsaturated/α-hetero) is 1. The number of terminal acetylenes is 2. The standard InChI is InChI=1S/C59H74O14/c1-11-41-35-47(26-29-50(41)70-54(65)45-19-15-18-44(22-23-45)53(64)67-38-58(9,10)72-51(62)12-2)49(61)36-68-59(13-3)32-30-43(31-33-59)42-24-27-48(28-25-42)69-52(63)34-40-16-14-17-46(21-20-40)55(66)73-57(7,8)37-56(5,6)71-39(4)60/h1,3,12,24-29,35,40,43-46H,2,14-23,30-34,36-38H2,4-10H3. The number of hydrogen-bond donors (Lipinski definition) is 0. The largest absolute Gasteiger partial charge is 0.461 e. The summed E-state index contributed by atoms with van der Waals surface area (Å²) in [6.07, 6.45) is 22.1. The number of benzene rings is 2. The molecule has 3 fully saturated rings. The second-order valence-corrected chi connectivity index (χ2v) is 21.8. The highest BCUT2D eigenvalue weighted by Gasteiger charge is 2.38. The zero-order chi connectivity index (χ0) is 53.6. The van der Waals surface area contributed by atoms with Crippen LogP contribution in [0.15, 0.2) is 55.1 Å². The van der Waals surface area contributed by atoms with Gasteiger partial charge < -0.3 is 33.2 Å². The Morgan fingerprint density at radius 2 is 1.30 bits per heavy atom. The molecule has 0 saturated heterocycles. The summed E-state index contributed by atoms with van der Waals surface area (Å²) in [4.78, 5) is 89.1. The molecule has 0 spiro atoms. The van der Waals surface area contributed by atoms with Crippen molar-refractivity contribution in [2.45, 2.75) is 180 Å². The predicted molar refractivity (Wildman–Crippen MR) is 272 cm³/mol. The number of ketones is 1. The Labute approximate surface area is 431 Å². The van der Waals surface area contributed by atoms with Gasteiger partial charge in [-0.1, -0.05) is 43.4 Å². The SMILES string of the molecule is C#Cc1cc(C(=O)COC2(C#C)CCC(c3ccc(OC(=O)CC4CCCC(C(=O)OC(C)(C)CC(C)(C)OC(C)=O)CC4)cc3)CC2)ccc1OC(=O)C1CCCC(C(=O)OCC(C)(C)OC(=O)C=C)CC1. The van der Waals surface area contributed by atoms with Crippen molar-refractivity contribution in [2.75, 3.05) is 13.2 Å². The molecule has 0 N–H and O–H groups in total. The molecule has 4 unspecified atom stereocenters. The van der Waals surface area contributed by atoms with Crippen molar-refractivity contribution in [2.24, 2.45) is 23.7 Å². The maximum absolute atomic E-state index is 13.4. The summed E-state index contributed by atoms with van der Waals surface area (Å²) in [6.45, 7) is 14.9. The van der Waals surface area contributed by atoms with Crippen LogP contribution in [0.3, 0.4) is 0 Å². The van der Waals surface area contributed by atoms with E-state index in [2.05, 4.69) is 18.4 Å². The number of ether oxygens (including phenoxy) is 7. The molecule has 73 heavy (non-hydrogen) atoms. The summed E-state index contributed by atoms with van der Waals surface area (Å²) in [5.41, 5.74) is -1.96. The second kappa shape index (κ2) is 25.6. The van der Waals surface area contributed by atoms with Gasteiger partial charge in [0.1, 0.15) is 47.1 Å². The lowest BCUT2D eigenvalue weighted by Gasteiger charge is -2.36. The van der Waals surface area contributed by atoms with Crippen molar-refractivity contribution in [3.05, 3.63) is 71.8 Å². The van der Waals surface area contributed by atoms with Gasteiger partial charge in [0.2, 0.25) is 0 Å². The van der Waals surface area contributed by atoms with Gasteiger partial charge in [0.05, 0.1) is 23.3 Å². The van der Waals surface area contributed by atoms with Crippen molar-refractivity contribution in [1.82, 2.24) is 0 Å². The van der Waals surface area contributed by atoms with Crippen LogP contribution in [0.2, 0.25) is 0 Å². The van der Waals surface area contributed by atoms with E-state index in [1.807, 2.05) is 26.0 Å². The minimum Gasteiger partial charge on any atom is -0.461 e. The number of rotatable bonds is 20. The highest BCUT2D eigenvalue weighted by molar-refractivity contribution is 5.97. The maximum atomic E-state index is 13.4. The molecular weight excluding hydrogens is 933 g/mol. The highest BCUT2D eigenvalue weighted by Crippen LogP contribution is 2.41. The van der Waals surface area contributed by atoms with Crippen LogP contribution >= 0.6 is 0 Å². The van der Waals surface area contributed by atoms with Crippen molar-refractivity contribution in [3.63, 3.8) is 0 Å². The van der Waals surface area contributed by atoms with E-state index < -0.39 is 52.1 Å². The molecule has 4 atom stereocenters. The smallest absolute Gasteiger partial charge is 0.330 e. The van der Waals surface area contributed by atoms with E-state index >= 15 is 0 Å². The van der Waals surface area contributed by atoms with Gasteiger partial charge in [-0.2, -0.15) is 0 Å². The minimum atomic E-state index is -1.02. The lowest BCUT2D eigenvalue weighted by molar-refractivity contribution is -0.172. The number of carbonyl (C=O) groups is 7. The molecular formula is C59H74O14. The Morgan fingerprint density at radius 3 is 1.92 bits per heavy atom. The molecule has 5 rings (SSSR count). The van der Waals surface area contributed by atoms with Gasteiger partial charge in [0.15, 0.2) is 5.78 Å². The van der Waals surface area contributed by atoms with Crippen LogP contribution < -0.4 is 9.47 Å². The van der Waals surface area contributed by atoms with Gasteiger partial charge in [-0.3, -0.25) is 28.8 Å². The summed E-state index contributed by atoms with van der Waals surface area (Å²) in [5, 5.41) is 0. The van der Waals surface area contributed by atoms with Gasteiger partial charge in [-0.05, 0) is 166 Å². The fourth-order valence-corrected chi connectivity index (χ4v) is 10.5. The molecule has 0 heterocycles. The second-order valence-electron chi connectivity index (χ2n) is 21.8. The molecule has 0 bridgehead atoms. The van der Waals surface area contributed by atoms with Crippen LogP contribution in [0.25, 0.3) is 0 Å². The third-order valence-electron chi connectivity index (χ3n) is 14.1. The first-order valence-electron chi connectivity index (χ1n) is 25.7. The third kappa shape index (κ3) is 17.7. The normalized spacial score (nSPS) is 22.6. The summed E-state index contributed by atoms with van der Waals surface area (Å²) >= 11 is 0. The Morgan fingerprint density at radius 1 is 0.699 bits per heavy atom. The molecule has 394 valence electrons. The van der Waals surface area contributed by atoms with Crippen LogP contribution in [-0.2, 0) is 52.5 Å². The lowest BCUT2D eigenvalue weighted by atomic mass is 9.76. The molecule has 14 nitrogen and oxygen atoms in total. The van der Waals surface area contributed by atoms with Gasteiger partial charge in [0, 0.05) is 31.4 Å². The molecule has 14 heteroatoms. The monoisotopic (exact) mass is 1010 g/mol. The van der Waals surface area contributed by atoms with E-state index in [-0.39, 0.29) is 78.0 Å². The summed E-state index contributed by atoms with van der Waals surface area (Å²) in [7, 11) is 0. The van der Waals surface area contributed by atoms with Gasteiger partial charge in [0.25, 0.3) is 0 Å². The van der Waals surface area contributed by atoms with Gasteiger partial charge >= 0.3 is 35.8 Å². The number of carbonyl (C=O) groups excluding carboxylic acids is 7. The Kier molecular flexibility index (Phi) is 20.2. The summed E-state index contributed by atoms with van der Waals surface area (Å²) < 4.78 is 39.7. The van der Waals surface area contributed by atoms with Crippen LogP contribution in [0.1, 0.15) is 179 Å². The van der Waals surface area contributed by atoms with Crippen LogP contribution in [0.5, 0.6) is 11.5 Å². The van der Waals surface area contributed by atoms with E-state index in [1.54, 1.807) is 39.8 Å². The fraction of sp³-hybridized carbons (Fsp3) is 0.576. The van der Waals surface area contributed by atoms with Gasteiger partial charge in [-0.15, -0.1) is 12.8 Å². The first kappa shape index (κ1) is 57.6. The van der Waals surface area contributed by atoms with E-state index in [1.165, 1.54) is 25.1 Å². The van der Waals surface area contributed by atoms with Crippen molar-refractivity contribution < 1.29 is 66.7 Å².